The molecule has 1 aliphatic rings. The van der Waals surface area contributed by atoms with Crippen LogP contribution in [0.2, 0.25) is 0 Å². The zero-order chi connectivity index (χ0) is 10.4. The molecule has 82 valence electrons. The molecule has 0 radical (unpaired) electrons. The van der Waals surface area contributed by atoms with Crippen LogP contribution in [0.15, 0.2) is 0 Å². The minimum absolute atomic E-state index is 0.00220. The van der Waals surface area contributed by atoms with Crippen LogP contribution in [-0.2, 0) is 9.53 Å². The zero-order valence-corrected chi connectivity index (χ0v) is 8.71. The van der Waals surface area contributed by atoms with Gasteiger partial charge in [-0.1, -0.05) is 0 Å². The van der Waals surface area contributed by atoms with Gasteiger partial charge in [-0.05, 0) is 25.7 Å². The SMILES string of the molecule is COCCCC(=O)NCC1(O)CCC1. The molecule has 0 aromatic heterocycles. The lowest BCUT2D eigenvalue weighted by atomic mass is 9.80. The average molecular weight is 201 g/mol. The maximum absolute atomic E-state index is 11.2. The lowest BCUT2D eigenvalue weighted by Crippen LogP contribution is -2.47. The third-order valence-electron chi connectivity index (χ3n) is 2.65. The maximum atomic E-state index is 11.2. The number of aliphatic hydroxyl groups is 1. The third-order valence-corrected chi connectivity index (χ3v) is 2.65. The van der Waals surface area contributed by atoms with E-state index in [0.29, 0.717) is 19.6 Å². The van der Waals surface area contributed by atoms with Crippen LogP contribution in [-0.4, -0.2) is 36.9 Å². The molecule has 1 rings (SSSR count). The normalized spacial score (nSPS) is 18.7. The second-order valence-corrected chi connectivity index (χ2v) is 3.95. The van der Waals surface area contributed by atoms with Gasteiger partial charge in [-0.15, -0.1) is 0 Å². The van der Waals surface area contributed by atoms with Crippen LogP contribution in [0.5, 0.6) is 0 Å². The van der Waals surface area contributed by atoms with Crippen molar-refractivity contribution in [1.29, 1.82) is 0 Å². The summed E-state index contributed by atoms with van der Waals surface area (Å²) in [4.78, 5) is 11.2. The predicted molar refractivity (Wildman–Crippen MR) is 52.9 cm³/mol. The fraction of sp³-hybridized carbons (Fsp3) is 0.900. The van der Waals surface area contributed by atoms with E-state index in [1.807, 2.05) is 0 Å². The van der Waals surface area contributed by atoms with Crippen molar-refractivity contribution in [3.63, 3.8) is 0 Å². The Morgan fingerprint density at radius 2 is 2.29 bits per heavy atom. The Bertz CT molecular complexity index is 190. The van der Waals surface area contributed by atoms with Crippen molar-refractivity contribution in [3.8, 4) is 0 Å². The molecule has 0 atom stereocenters. The molecule has 0 bridgehead atoms. The van der Waals surface area contributed by atoms with Crippen LogP contribution in [0.25, 0.3) is 0 Å². The lowest BCUT2D eigenvalue weighted by molar-refractivity contribution is -0.123. The highest BCUT2D eigenvalue weighted by molar-refractivity contribution is 5.75. The topological polar surface area (TPSA) is 58.6 Å². The van der Waals surface area contributed by atoms with E-state index in [-0.39, 0.29) is 5.91 Å². The number of methoxy groups -OCH3 is 1. The van der Waals surface area contributed by atoms with Gasteiger partial charge in [0.25, 0.3) is 0 Å². The van der Waals surface area contributed by atoms with Crippen molar-refractivity contribution in [1.82, 2.24) is 5.32 Å². The Hall–Kier alpha value is -0.610. The third kappa shape index (κ3) is 3.64. The van der Waals surface area contributed by atoms with Gasteiger partial charge >= 0.3 is 0 Å². The van der Waals surface area contributed by atoms with E-state index in [2.05, 4.69) is 5.32 Å². The number of amides is 1. The molecule has 1 saturated carbocycles. The Morgan fingerprint density at radius 1 is 1.57 bits per heavy atom. The van der Waals surface area contributed by atoms with Crippen molar-refractivity contribution >= 4 is 5.91 Å². The molecular formula is C10H19NO3. The second-order valence-electron chi connectivity index (χ2n) is 3.95. The predicted octanol–water partition coefficient (Wildman–Crippen LogP) is 0.444. The van der Waals surface area contributed by atoms with Gasteiger partial charge in [0, 0.05) is 26.7 Å². The summed E-state index contributed by atoms with van der Waals surface area (Å²) in [6.07, 6.45) is 3.90. The van der Waals surface area contributed by atoms with Crippen molar-refractivity contribution < 1.29 is 14.6 Å². The van der Waals surface area contributed by atoms with Crippen molar-refractivity contribution in [2.75, 3.05) is 20.3 Å². The van der Waals surface area contributed by atoms with E-state index in [4.69, 9.17) is 4.74 Å². The molecule has 4 nitrogen and oxygen atoms in total. The number of ether oxygens (including phenoxy) is 1. The van der Waals surface area contributed by atoms with Gasteiger partial charge in [0.2, 0.25) is 5.91 Å². The Morgan fingerprint density at radius 3 is 2.79 bits per heavy atom. The summed E-state index contributed by atoms with van der Waals surface area (Å²) >= 11 is 0. The number of hydrogen-bond acceptors (Lipinski definition) is 3. The summed E-state index contributed by atoms with van der Waals surface area (Å²) in [6.45, 7) is 1.01. The van der Waals surface area contributed by atoms with Gasteiger partial charge in [0.1, 0.15) is 0 Å². The first-order chi connectivity index (χ1) is 6.66. The Kier molecular flexibility index (Phi) is 4.35. The molecule has 0 aromatic rings. The van der Waals surface area contributed by atoms with Crippen molar-refractivity contribution in [2.45, 2.75) is 37.7 Å². The van der Waals surface area contributed by atoms with Gasteiger partial charge < -0.3 is 15.2 Å². The highest BCUT2D eigenvalue weighted by Gasteiger charge is 2.34. The highest BCUT2D eigenvalue weighted by Crippen LogP contribution is 2.30. The Labute approximate surface area is 84.6 Å². The van der Waals surface area contributed by atoms with Crippen LogP contribution < -0.4 is 5.32 Å². The number of hydrogen-bond donors (Lipinski definition) is 2. The van der Waals surface area contributed by atoms with E-state index in [9.17, 15) is 9.90 Å². The maximum Gasteiger partial charge on any atom is 0.220 e. The van der Waals surface area contributed by atoms with Crippen LogP contribution in [0.3, 0.4) is 0 Å². The molecule has 1 fully saturated rings. The Balaban J connectivity index is 2.03. The van der Waals surface area contributed by atoms with Gasteiger partial charge in [0.15, 0.2) is 0 Å². The number of carbonyl (C=O) groups excluding carboxylic acids is 1. The summed E-state index contributed by atoms with van der Waals surface area (Å²) in [5.74, 6) is 0.00220. The van der Waals surface area contributed by atoms with E-state index < -0.39 is 5.60 Å². The van der Waals surface area contributed by atoms with Gasteiger partial charge in [-0.3, -0.25) is 4.79 Å². The quantitative estimate of drug-likeness (QED) is 0.613. The molecule has 0 saturated heterocycles. The monoisotopic (exact) mass is 201 g/mol. The molecule has 14 heavy (non-hydrogen) atoms. The second kappa shape index (κ2) is 5.32. The standard InChI is InChI=1S/C10H19NO3/c1-14-7-2-4-9(12)11-8-10(13)5-3-6-10/h13H,2-8H2,1H3,(H,11,12). The summed E-state index contributed by atoms with van der Waals surface area (Å²) in [7, 11) is 1.62. The smallest absolute Gasteiger partial charge is 0.220 e. The van der Waals surface area contributed by atoms with Crippen LogP contribution in [0.1, 0.15) is 32.1 Å². The summed E-state index contributed by atoms with van der Waals surface area (Å²) < 4.78 is 4.84. The van der Waals surface area contributed by atoms with Crippen LogP contribution in [0.4, 0.5) is 0 Å². The fourth-order valence-corrected chi connectivity index (χ4v) is 1.49. The number of nitrogens with one attached hydrogen (secondary N) is 1. The minimum Gasteiger partial charge on any atom is -0.388 e. The molecule has 0 unspecified atom stereocenters. The number of rotatable bonds is 6. The first-order valence-corrected chi connectivity index (χ1v) is 5.14. The van der Waals surface area contributed by atoms with E-state index in [0.717, 1.165) is 25.7 Å². The van der Waals surface area contributed by atoms with Crippen molar-refractivity contribution in [3.05, 3.63) is 0 Å². The molecular weight excluding hydrogens is 182 g/mol. The van der Waals surface area contributed by atoms with Gasteiger partial charge in [0.05, 0.1) is 5.60 Å². The van der Waals surface area contributed by atoms with Crippen LogP contribution >= 0.6 is 0 Å². The van der Waals surface area contributed by atoms with Crippen LogP contribution in [0, 0.1) is 0 Å². The molecule has 1 amide bonds. The fourth-order valence-electron chi connectivity index (χ4n) is 1.49. The van der Waals surface area contributed by atoms with E-state index in [1.165, 1.54) is 0 Å². The average Bonchev–Trinajstić information content (AvgIpc) is 2.12. The molecule has 0 aromatic carbocycles. The van der Waals surface area contributed by atoms with Gasteiger partial charge in [-0.25, -0.2) is 0 Å². The zero-order valence-electron chi connectivity index (χ0n) is 8.71. The molecule has 2 N–H and O–H groups in total. The van der Waals surface area contributed by atoms with Crippen molar-refractivity contribution in [2.24, 2.45) is 0 Å². The van der Waals surface area contributed by atoms with Gasteiger partial charge in [-0.2, -0.15) is 0 Å². The molecule has 0 aliphatic heterocycles. The minimum atomic E-state index is -0.614. The van der Waals surface area contributed by atoms with E-state index >= 15 is 0 Å². The summed E-state index contributed by atoms with van der Waals surface area (Å²) in [5, 5.41) is 12.4. The lowest BCUT2D eigenvalue weighted by Gasteiger charge is -2.36. The largest absolute Gasteiger partial charge is 0.388 e. The van der Waals surface area contributed by atoms with E-state index in [1.54, 1.807) is 7.11 Å². The molecule has 0 spiro atoms. The first-order valence-electron chi connectivity index (χ1n) is 5.14. The highest BCUT2D eigenvalue weighted by atomic mass is 16.5. The molecule has 1 aliphatic carbocycles. The molecule has 0 heterocycles. The summed E-state index contributed by atoms with van der Waals surface area (Å²) in [5.41, 5.74) is -0.614. The summed E-state index contributed by atoms with van der Waals surface area (Å²) in [6, 6.07) is 0. The number of carbonyl (C=O) groups is 1. The first kappa shape index (κ1) is 11.5. The molecule has 4 heteroatoms.